The van der Waals surface area contributed by atoms with Crippen molar-refractivity contribution in [1.82, 2.24) is 0 Å². The maximum absolute atomic E-state index is 14.1. The highest BCUT2D eigenvalue weighted by molar-refractivity contribution is 7.37. The maximum atomic E-state index is 14.1. The molecule has 4 aliphatic rings. The fourth-order valence-corrected chi connectivity index (χ4v) is 23.2. The van der Waals surface area contributed by atoms with Gasteiger partial charge in [-0.2, -0.15) is 43.7 Å². The minimum Gasteiger partial charge on any atom is -0.289 e. The SMILES string of the molecule is C=C/C=C(\C=C/C)C1(c2ccccc2)c2c(sc3cc(/C=C4\C(=O)c5cscc5C4=C(C#N)C#N)sc23)-c2sc3c4c(sc3c21)-c1sc2cc(/C=C3\C(=O)c5cscc5C3=C(C#N)C#N)sc2c1C4(c1ccccc1)c1ccccc1. The molecule has 14 heteroatoms. The molecule has 4 aliphatic carbocycles. The number of ketones is 2. The molecule has 3 aromatic carbocycles. The van der Waals surface area contributed by atoms with Crippen molar-refractivity contribution in [3.05, 3.63) is 254 Å². The number of fused-ring (bicyclic) bond motifs is 15. The fraction of sp³-hybridized carbons (Fsp3) is 0.0448. The van der Waals surface area contributed by atoms with Crippen molar-refractivity contribution in [2.45, 2.75) is 17.8 Å². The van der Waals surface area contributed by atoms with E-state index in [-0.39, 0.29) is 22.7 Å². The summed E-state index contributed by atoms with van der Waals surface area (Å²) >= 11 is 13.4. The third-order valence-electron chi connectivity index (χ3n) is 15.8. The second kappa shape index (κ2) is 18.5. The molecule has 0 bridgehead atoms. The number of carbonyl (C=O) groups is 2. The lowest BCUT2D eigenvalue weighted by molar-refractivity contribution is 0.103. The minimum atomic E-state index is -0.821. The Morgan fingerprint density at radius 1 is 0.506 bits per heavy atom. The number of benzene rings is 3. The lowest BCUT2D eigenvalue weighted by Gasteiger charge is -2.34. The standard InChI is InChI=1S/C67H32N4O2S8/c1-3-14-36(15-4-2)66(37-16-8-5-9-17-37)52-58-48(24-40(76-58)22-42-50(34(26-68)27-69)44-30-74-32-46(44)56(42)72)78-60(52)62-54(66)64-65(80-62)55-63(81-64)61-53(67(55,38-18-10-6-11-19-38)39-20-12-7-13-21-39)59-49(79-61)25-41(77-59)23-43-51(35(28-70)29-71)45-31-75-33-47(45)57(43)73/h3-25,30-33H,1H2,2H3/b15-4-,36-14+,42-22-,43-23-. The van der Waals surface area contributed by atoms with E-state index in [1.54, 1.807) is 56.1 Å². The van der Waals surface area contributed by atoms with Crippen LogP contribution in [0.5, 0.6) is 0 Å². The van der Waals surface area contributed by atoms with Crippen LogP contribution >= 0.6 is 90.7 Å². The Bertz CT molecular complexity index is 4980. The van der Waals surface area contributed by atoms with Crippen LogP contribution < -0.4 is 0 Å². The third-order valence-corrected chi connectivity index (χ3v) is 24.9. The molecule has 8 aromatic heterocycles. The van der Waals surface area contributed by atoms with Crippen molar-refractivity contribution in [3.63, 3.8) is 0 Å². The molecule has 6 nitrogen and oxygen atoms in total. The number of allylic oxidation sites excluding steroid dienone is 11. The molecule has 0 saturated heterocycles. The lowest BCUT2D eigenvalue weighted by Crippen LogP contribution is -2.29. The fourth-order valence-electron chi connectivity index (χ4n) is 12.8. The van der Waals surface area contributed by atoms with Crippen molar-refractivity contribution < 1.29 is 9.59 Å². The second-order valence-electron chi connectivity index (χ2n) is 19.6. The van der Waals surface area contributed by atoms with Crippen molar-refractivity contribution >= 4 is 154 Å². The lowest BCUT2D eigenvalue weighted by atomic mass is 9.66. The topological polar surface area (TPSA) is 129 Å². The molecule has 1 atom stereocenters. The van der Waals surface area contributed by atoms with Crippen molar-refractivity contribution in [1.29, 1.82) is 21.0 Å². The summed E-state index contributed by atoms with van der Waals surface area (Å²) in [4.78, 5) is 34.8. The van der Waals surface area contributed by atoms with E-state index < -0.39 is 10.8 Å². The summed E-state index contributed by atoms with van der Waals surface area (Å²) in [6.45, 7) is 6.36. The normalized spacial score (nSPS) is 17.4. The maximum Gasteiger partial charge on any atom is 0.195 e. The number of hydrogen-bond donors (Lipinski definition) is 0. The third kappa shape index (κ3) is 6.56. The summed E-state index contributed by atoms with van der Waals surface area (Å²) < 4.78 is 6.86. The van der Waals surface area contributed by atoms with E-state index in [2.05, 4.69) is 159 Å². The number of hydrogen-bond acceptors (Lipinski definition) is 14. The molecule has 8 heterocycles. The molecule has 380 valence electrons. The molecule has 0 aliphatic heterocycles. The number of carbonyl (C=O) groups excluding carboxylic acids is 2. The van der Waals surface area contributed by atoms with Crippen molar-refractivity contribution in [2.75, 3.05) is 0 Å². The van der Waals surface area contributed by atoms with Gasteiger partial charge in [0, 0.05) is 96.7 Å². The van der Waals surface area contributed by atoms with Crippen LogP contribution in [-0.2, 0) is 10.8 Å². The zero-order chi connectivity index (χ0) is 55.1. The van der Waals surface area contributed by atoms with Crippen LogP contribution in [0, 0.1) is 45.3 Å². The Hall–Kier alpha value is -8.48. The van der Waals surface area contributed by atoms with Crippen molar-refractivity contribution in [2.24, 2.45) is 0 Å². The van der Waals surface area contributed by atoms with Gasteiger partial charge in [-0.05, 0) is 64.2 Å². The van der Waals surface area contributed by atoms with Crippen LogP contribution in [0.3, 0.4) is 0 Å². The zero-order valence-electron chi connectivity index (χ0n) is 42.2. The van der Waals surface area contributed by atoms with E-state index in [4.69, 9.17) is 0 Å². The molecule has 0 N–H and O–H groups in total. The molecule has 15 rings (SSSR count). The monoisotopic (exact) mass is 1180 g/mol. The largest absolute Gasteiger partial charge is 0.289 e. The van der Waals surface area contributed by atoms with E-state index in [1.807, 2.05) is 51.7 Å². The van der Waals surface area contributed by atoms with Crippen LogP contribution in [0.25, 0.3) is 71.0 Å². The number of nitriles is 4. The predicted molar refractivity (Wildman–Crippen MR) is 338 cm³/mol. The Kier molecular flexibility index (Phi) is 11.3. The first-order chi connectivity index (χ1) is 39.7. The molecule has 0 radical (unpaired) electrons. The van der Waals surface area contributed by atoms with Gasteiger partial charge in [-0.3, -0.25) is 9.59 Å². The number of nitrogens with zero attached hydrogens (tertiary/aromatic N) is 4. The minimum absolute atomic E-state index is 0.0741. The predicted octanol–water partition coefficient (Wildman–Crippen LogP) is 19.2. The highest BCUT2D eigenvalue weighted by Crippen LogP contribution is 2.72. The molecule has 1 unspecified atom stereocenters. The van der Waals surface area contributed by atoms with Crippen LogP contribution in [-0.4, -0.2) is 11.6 Å². The van der Waals surface area contributed by atoms with Gasteiger partial charge < -0.3 is 0 Å². The van der Waals surface area contributed by atoms with Crippen LogP contribution in [0.4, 0.5) is 0 Å². The number of rotatable bonds is 8. The van der Waals surface area contributed by atoms with Gasteiger partial charge in [-0.15, -0.1) is 68.0 Å². The summed E-state index contributed by atoms with van der Waals surface area (Å²) in [5, 5.41) is 47.8. The molecule has 81 heavy (non-hydrogen) atoms. The Morgan fingerprint density at radius 3 is 1.40 bits per heavy atom. The number of Topliss-reactive ketones (excluding diaryl/α,β-unsaturated/α-hetero) is 2. The summed E-state index contributed by atoms with van der Waals surface area (Å²) in [5.41, 5.74) is 11.5. The first-order valence-electron chi connectivity index (χ1n) is 25.4. The quantitative estimate of drug-likeness (QED) is 0.0846. The Morgan fingerprint density at radius 2 is 0.914 bits per heavy atom. The van der Waals surface area contributed by atoms with Gasteiger partial charge in [0.05, 0.1) is 49.1 Å². The Labute approximate surface area is 495 Å². The summed E-state index contributed by atoms with van der Waals surface area (Å²) in [6, 6.07) is 45.1. The first-order valence-corrected chi connectivity index (χ1v) is 32.2. The molecule has 0 spiro atoms. The highest BCUT2D eigenvalue weighted by atomic mass is 32.1. The summed E-state index contributed by atoms with van der Waals surface area (Å²) in [5.74, 6) is -0.367. The second-order valence-corrected chi connectivity index (χ2v) is 27.4. The summed E-state index contributed by atoms with van der Waals surface area (Å²) in [6.07, 6.45) is 12.1. The van der Waals surface area contributed by atoms with Gasteiger partial charge in [0.1, 0.15) is 35.4 Å². The van der Waals surface area contributed by atoms with Gasteiger partial charge in [-0.1, -0.05) is 122 Å². The molecular weight excluding hydrogens is 1150 g/mol. The molecule has 0 saturated carbocycles. The summed E-state index contributed by atoms with van der Waals surface area (Å²) in [7, 11) is 0. The van der Waals surface area contributed by atoms with Gasteiger partial charge in [-0.25, -0.2) is 0 Å². The molecule has 0 amide bonds. The van der Waals surface area contributed by atoms with Gasteiger partial charge in [0.25, 0.3) is 0 Å². The Balaban J connectivity index is 1.01. The van der Waals surface area contributed by atoms with E-state index >= 15 is 0 Å². The van der Waals surface area contributed by atoms with Crippen molar-refractivity contribution in [3.8, 4) is 43.8 Å². The highest BCUT2D eigenvalue weighted by Gasteiger charge is 2.56. The number of thiophene rings is 8. The van der Waals surface area contributed by atoms with Crippen LogP contribution in [0.2, 0.25) is 0 Å². The van der Waals surface area contributed by atoms with Crippen LogP contribution in [0.15, 0.2) is 183 Å². The van der Waals surface area contributed by atoms with Gasteiger partial charge in [0.15, 0.2) is 11.6 Å². The first kappa shape index (κ1) is 49.6. The molecular formula is C67H32N4O2S8. The van der Waals surface area contributed by atoms with Gasteiger partial charge in [0.2, 0.25) is 0 Å². The average Bonchev–Trinajstić information content (AvgIpc) is 1.92. The molecule has 11 aromatic rings. The average molecular weight is 1180 g/mol. The van der Waals surface area contributed by atoms with E-state index in [9.17, 15) is 30.6 Å². The van der Waals surface area contributed by atoms with E-state index in [0.717, 1.165) is 50.8 Å². The van der Waals surface area contributed by atoms with Crippen LogP contribution in [0.1, 0.15) is 87.5 Å². The molecule has 0 fully saturated rings. The smallest absolute Gasteiger partial charge is 0.195 e. The van der Waals surface area contributed by atoms with Gasteiger partial charge >= 0.3 is 0 Å². The van der Waals surface area contributed by atoms with E-state index in [1.165, 1.54) is 73.8 Å². The van der Waals surface area contributed by atoms with E-state index in [0.29, 0.717) is 44.5 Å². The zero-order valence-corrected chi connectivity index (χ0v) is 48.7.